The third kappa shape index (κ3) is 3.64. The first-order chi connectivity index (χ1) is 16.8. The Morgan fingerprint density at radius 1 is 1.03 bits per heavy atom. The van der Waals surface area contributed by atoms with Gasteiger partial charge in [-0.05, 0) is 109 Å². The van der Waals surface area contributed by atoms with E-state index in [0.29, 0.717) is 35.5 Å². The molecule has 3 nitrogen and oxygen atoms in total. The maximum atomic E-state index is 12.7. The molecule has 0 aliphatic heterocycles. The Bertz CT molecular complexity index is 903. The largest absolute Gasteiger partial charge is 0.481 e. The van der Waals surface area contributed by atoms with E-state index in [-0.39, 0.29) is 28.3 Å². The fourth-order valence-corrected chi connectivity index (χ4v) is 11.7. The molecular formula is C33H54O3. The summed E-state index contributed by atoms with van der Waals surface area (Å²) in [6.07, 6.45) is 14.2. The highest BCUT2D eigenvalue weighted by molar-refractivity contribution is 5.76. The summed E-state index contributed by atoms with van der Waals surface area (Å²) in [5.74, 6) is 2.97. The minimum Gasteiger partial charge on any atom is -0.481 e. The lowest BCUT2D eigenvalue weighted by molar-refractivity contribution is -0.204. The van der Waals surface area contributed by atoms with Gasteiger partial charge < -0.3 is 10.2 Å². The van der Waals surface area contributed by atoms with Gasteiger partial charge in [-0.3, -0.25) is 4.79 Å². The van der Waals surface area contributed by atoms with E-state index in [4.69, 9.17) is 0 Å². The second kappa shape index (κ2) is 8.85. The zero-order valence-electron chi connectivity index (χ0n) is 24.3. The minimum absolute atomic E-state index is 0.145. The highest BCUT2D eigenvalue weighted by Crippen LogP contribution is 2.72. The van der Waals surface area contributed by atoms with Crippen LogP contribution in [0.5, 0.6) is 0 Å². The Balaban J connectivity index is 1.50. The van der Waals surface area contributed by atoms with Crippen molar-refractivity contribution < 1.29 is 15.0 Å². The summed E-state index contributed by atoms with van der Waals surface area (Å²) in [6.45, 7) is 17.0. The Labute approximate surface area is 220 Å². The molecule has 0 bridgehead atoms. The maximum absolute atomic E-state index is 12.7. The first-order valence-corrected chi connectivity index (χ1v) is 15.4. The molecule has 10 atom stereocenters. The molecule has 0 heterocycles. The van der Waals surface area contributed by atoms with Gasteiger partial charge in [0.15, 0.2) is 0 Å². The van der Waals surface area contributed by atoms with Gasteiger partial charge in [-0.25, -0.2) is 0 Å². The molecule has 0 spiro atoms. The van der Waals surface area contributed by atoms with Crippen LogP contribution >= 0.6 is 0 Å². The number of hydrogen-bond acceptors (Lipinski definition) is 2. The highest BCUT2D eigenvalue weighted by atomic mass is 16.4. The van der Waals surface area contributed by atoms with Crippen LogP contribution in [-0.4, -0.2) is 22.3 Å². The summed E-state index contributed by atoms with van der Waals surface area (Å²) >= 11 is 0. The van der Waals surface area contributed by atoms with E-state index in [1.807, 2.05) is 0 Å². The van der Waals surface area contributed by atoms with Gasteiger partial charge in [0.25, 0.3) is 0 Å². The van der Waals surface area contributed by atoms with Crippen LogP contribution in [-0.2, 0) is 4.79 Å². The number of carboxylic acids is 1. The number of rotatable bonds is 4. The molecule has 5 rings (SSSR count). The predicted molar refractivity (Wildman–Crippen MR) is 146 cm³/mol. The van der Waals surface area contributed by atoms with Crippen molar-refractivity contribution in [2.45, 2.75) is 125 Å². The summed E-state index contributed by atoms with van der Waals surface area (Å²) in [4.78, 5) is 12.7. The van der Waals surface area contributed by atoms with E-state index < -0.39 is 11.4 Å². The average Bonchev–Trinajstić information content (AvgIpc) is 2.77. The molecule has 5 aliphatic rings. The topological polar surface area (TPSA) is 57.5 Å². The Morgan fingerprint density at radius 2 is 1.75 bits per heavy atom. The van der Waals surface area contributed by atoms with E-state index in [1.54, 1.807) is 0 Å². The Kier molecular flexibility index (Phi) is 6.58. The number of carboxylic acid groups (broad SMARTS) is 1. The minimum atomic E-state index is -0.536. The predicted octanol–water partition coefficient (Wildman–Crippen LogP) is 8.12. The quantitative estimate of drug-likeness (QED) is 0.385. The summed E-state index contributed by atoms with van der Waals surface area (Å²) in [7, 11) is 0. The first kappa shape index (κ1) is 26.8. The molecule has 36 heavy (non-hydrogen) atoms. The number of fused-ring (bicyclic) bond motifs is 7. The molecular weight excluding hydrogens is 444 g/mol. The third-order valence-electron chi connectivity index (χ3n) is 13.3. The van der Waals surface area contributed by atoms with E-state index in [9.17, 15) is 15.0 Å². The van der Waals surface area contributed by atoms with Crippen LogP contribution in [0.4, 0.5) is 0 Å². The van der Waals surface area contributed by atoms with Crippen molar-refractivity contribution in [1.29, 1.82) is 0 Å². The second-order valence-electron chi connectivity index (χ2n) is 15.7. The maximum Gasteiger partial charge on any atom is 0.310 e. The Hall–Kier alpha value is -0.830. The zero-order chi connectivity index (χ0) is 26.3. The molecule has 0 aromatic carbocycles. The monoisotopic (exact) mass is 498 g/mol. The molecule has 5 aliphatic carbocycles. The van der Waals surface area contributed by atoms with E-state index in [2.05, 4.69) is 54.5 Å². The third-order valence-corrected chi connectivity index (χ3v) is 13.3. The summed E-state index contributed by atoms with van der Waals surface area (Å²) in [5, 5.41) is 22.1. The fraction of sp³-hybridized carbons (Fsp3) is 0.909. The van der Waals surface area contributed by atoms with Gasteiger partial charge >= 0.3 is 5.97 Å². The van der Waals surface area contributed by atoms with Crippen molar-refractivity contribution in [3.8, 4) is 0 Å². The van der Waals surface area contributed by atoms with Gasteiger partial charge in [0, 0.05) is 0 Å². The van der Waals surface area contributed by atoms with Crippen LogP contribution in [0.3, 0.4) is 0 Å². The average molecular weight is 499 g/mol. The van der Waals surface area contributed by atoms with Crippen molar-refractivity contribution in [2.75, 3.05) is 0 Å². The van der Waals surface area contributed by atoms with Crippen LogP contribution in [0.2, 0.25) is 0 Å². The lowest BCUT2D eigenvalue weighted by Crippen LogP contribution is -2.63. The fourth-order valence-electron chi connectivity index (χ4n) is 11.7. The van der Waals surface area contributed by atoms with Crippen molar-refractivity contribution in [3.05, 3.63) is 11.6 Å². The van der Waals surface area contributed by atoms with Gasteiger partial charge in [0.1, 0.15) is 0 Å². The standard InChI is InChI=1S/C33H54O3/c1-20(2)10-12-24-25(34)19-32(7)26(30(24,4)5)15-17-31(6)23-14-18-33(29(35)36)16-8-9-21(3)28(33)22(23)11-13-27(31)32/h11,20-21,23-28,34H,8-10,12-19H2,1-7H3,(H,35,36)/t21?,23?,24?,25-,26?,27?,28?,31?,32?,33?/m1/s1. The van der Waals surface area contributed by atoms with Gasteiger partial charge in [-0.15, -0.1) is 0 Å². The molecule has 4 fully saturated rings. The lowest BCUT2D eigenvalue weighted by Gasteiger charge is -2.69. The SMILES string of the molecule is CC(C)CCC1[C@H](O)CC2(C)C(CCC3(C)C4CCC5(C(=O)O)CCCC(C)C5C4=CCC32)C1(C)C. The van der Waals surface area contributed by atoms with Gasteiger partial charge in [0.05, 0.1) is 11.5 Å². The number of hydrogen-bond donors (Lipinski definition) is 2. The summed E-state index contributed by atoms with van der Waals surface area (Å²) in [6, 6.07) is 0. The van der Waals surface area contributed by atoms with Crippen molar-refractivity contribution in [2.24, 2.45) is 63.1 Å². The zero-order valence-corrected chi connectivity index (χ0v) is 24.3. The lowest BCUT2D eigenvalue weighted by atomic mass is 9.36. The normalized spacial score (nSPS) is 49.8. The molecule has 0 aromatic rings. The number of aliphatic hydroxyl groups excluding tert-OH is 1. The highest BCUT2D eigenvalue weighted by Gasteiger charge is 2.66. The molecule has 0 saturated heterocycles. The van der Waals surface area contributed by atoms with E-state index >= 15 is 0 Å². The molecule has 2 N–H and O–H groups in total. The van der Waals surface area contributed by atoms with Crippen LogP contribution in [0.25, 0.3) is 0 Å². The van der Waals surface area contributed by atoms with Crippen LogP contribution < -0.4 is 0 Å². The van der Waals surface area contributed by atoms with Gasteiger partial charge in [-0.2, -0.15) is 0 Å². The second-order valence-corrected chi connectivity index (χ2v) is 15.7. The molecule has 204 valence electrons. The molecule has 4 saturated carbocycles. The van der Waals surface area contributed by atoms with Crippen molar-refractivity contribution in [1.82, 2.24) is 0 Å². The molecule has 9 unspecified atom stereocenters. The molecule has 0 radical (unpaired) electrons. The molecule has 3 heteroatoms. The van der Waals surface area contributed by atoms with Crippen molar-refractivity contribution in [3.63, 3.8) is 0 Å². The molecule has 0 amide bonds. The number of carbonyl (C=O) groups is 1. The van der Waals surface area contributed by atoms with E-state index in [1.165, 1.54) is 31.3 Å². The number of aliphatic carboxylic acids is 1. The van der Waals surface area contributed by atoms with E-state index in [0.717, 1.165) is 44.9 Å². The van der Waals surface area contributed by atoms with Gasteiger partial charge in [-0.1, -0.05) is 79.4 Å². The van der Waals surface area contributed by atoms with Crippen LogP contribution in [0, 0.1) is 63.1 Å². The van der Waals surface area contributed by atoms with Gasteiger partial charge in [0.2, 0.25) is 0 Å². The van der Waals surface area contributed by atoms with Crippen LogP contribution in [0.1, 0.15) is 119 Å². The summed E-state index contributed by atoms with van der Waals surface area (Å²) < 4.78 is 0. The first-order valence-electron chi connectivity index (χ1n) is 15.4. The Morgan fingerprint density at radius 3 is 2.42 bits per heavy atom. The smallest absolute Gasteiger partial charge is 0.310 e. The number of aliphatic hydroxyl groups is 1. The van der Waals surface area contributed by atoms with Crippen molar-refractivity contribution >= 4 is 5.97 Å². The molecule has 0 aromatic heterocycles. The number of allylic oxidation sites excluding steroid dienone is 2. The summed E-state index contributed by atoms with van der Waals surface area (Å²) in [5.41, 5.74) is 1.51. The van der Waals surface area contributed by atoms with Crippen LogP contribution in [0.15, 0.2) is 11.6 Å².